The van der Waals surface area contributed by atoms with Crippen LogP contribution in [0, 0.1) is 25.1 Å². The van der Waals surface area contributed by atoms with Crippen LogP contribution in [0.5, 0.6) is 0 Å². The first kappa shape index (κ1) is 25.2. The van der Waals surface area contributed by atoms with Gasteiger partial charge < -0.3 is 10.6 Å². The van der Waals surface area contributed by atoms with Crippen molar-refractivity contribution in [3.8, 4) is 0 Å². The zero-order valence-corrected chi connectivity index (χ0v) is 19.5. The highest BCUT2D eigenvalue weighted by Gasteiger charge is 2.51. The number of hydrogen-bond acceptors (Lipinski definition) is 6. The van der Waals surface area contributed by atoms with Crippen molar-refractivity contribution in [3.05, 3.63) is 76.9 Å². The van der Waals surface area contributed by atoms with E-state index >= 15 is 0 Å². The Morgan fingerprint density at radius 2 is 1.72 bits per heavy atom. The number of nitrogens with one attached hydrogen (secondary N) is 2. The number of rotatable bonds is 8. The lowest BCUT2D eigenvalue weighted by Crippen LogP contribution is -2.33. The van der Waals surface area contributed by atoms with E-state index in [1.54, 1.807) is 13.8 Å². The smallest absolute Gasteiger partial charge is 0.354 e. The van der Waals surface area contributed by atoms with Crippen molar-refractivity contribution in [1.29, 1.82) is 0 Å². The van der Waals surface area contributed by atoms with E-state index in [0.717, 1.165) is 12.1 Å². The number of Topliss-reactive ketones (excluding diaryl/α,β-unsaturated/α-hetero) is 1. The van der Waals surface area contributed by atoms with E-state index in [4.69, 9.17) is 0 Å². The number of nitrogens with zero attached hydrogens (tertiary/aromatic N) is 3. The van der Waals surface area contributed by atoms with Gasteiger partial charge in [0.15, 0.2) is 5.78 Å². The van der Waals surface area contributed by atoms with Gasteiger partial charge in [0.05, 0.1) is 46.4 Å². The average Bonchev–Trinajstić information content (AvgIpc) is 3.60. The topological polar surface area (TPSA) is 96.9 Å². The van der Waals surface area contributed by atoms with Crippen molar-refractivity contribution in [2.24, 2.45) is 5.41 Å². The van der Waals surface area contributed by atoms with Gasteiger partial charge in [-0.25, -0.2) is 14.4 Å². The van der Waals surface area contributed by atoms with Crippen molar-refractivity contribution in [2.45, 2.75) is 45.8 Å². The van der Waals surface area contributed by atoms with E-state index in [1.807, 2.05) is 0 Å². The zero-order valence-electron chi connectivity index (χ0n) is 19.5. The van der Waals surface area contributed by atoms with Gasteiger partial charge in [-0.05, 0) is 38.8 Å². The number of amides is 1. The van der Waals surface area contributed by atoms with Crippen LogP contribution in [-0.2, 0) is 17.5 Å². The highest BCUT2D eigenvalue weighted by Crippen LogP contribution is 2.49. The summed E-state index contributed by atoms with van der Waals surface area (Å²) >= 11 is 0. The second kappa shape index (κ2) is 9.63. The summed E-state index contributed by atoms with van der Waals surface area (Å²) in [5.74, 6) is -0.905. The molecule has 0 unspecified atom stereocenters. The number of aryl methyl sites for hydroxylation is 2. The standard InChI is InChI=1S/C25H23F4N5O2/c1-14-3-4-20(18(7-14)25(27,28)29)34-17-8-19(26)21(32-12-17)13-33-23(36)24(5-6-24)9-22(35)16-10-30-15(2)31-11-16/h3-4,7-8,10-12,34H,5-6,9,13H2,1-2H3,(H,33,36). The Morgan fingerprint density at radius 3 is 2.33 bits per heavy atom. The fourth-order valence-electron chi connectivity index (χ4n) is 3.75. The minimum absolute atomic E-state index is 0.0118. The molecule has 1 aliphatic carbocycles. The molecule has 0 aliphatic heterocycles. The number of alkyl halides is 3. The molecule has 188 valence electrons. The number of anilines is 2. The van der Waals surface area contributed by atoms with Crippen LogP contribution in [0.25, 0.3) is 0 Å². The quantitative estimate of drug-likeness (QED) is 0.331. The van der Waals surface area contributed by atoms with Gasteiger partial charge in [0, 0.05) is 24.9 Å². The van der Waals surface area contributed by atoms with Crippen molar-refractivity contribution < 1.29 is 27.2 Å². The number of aromatic nitrogens is 3. The van der Waals surface area contributed by atoms with Crippen LogP contribution < -0.4 is 10.6 Å². The Labute approximate surface area is 204 Å². The summed E-state index contributed by atoms with van der Waals surface area (Å²) < 4.78 is 54.7. The maximum atomic E-state index is 14.6. The lowest BCUT2D eigenvalue weighted by atomic mass is 9.95. The Morgan fingerprint density at radius 1 is 1.03 bits per heavy atom. The predicted molar refractivity (Wildman–Crippen MR) is 123 cm³/mol. The van der Waals surface area contributed by atoms with Gasteiger partial charge in [0.2, 0.25) is 5.91 Å². The Kier molecular flexibility index (Phi) is 6.75. The van der Waals surface area contributed by atoms with Crippen LogP contribution in [0.4, 0.5) is 28.9 Å². The molecule has 1 saturated carbocycles. The molecule has 4 rings (SSSR count). The molecule has 1 amide bonds. The fourth-order valence-corrected chi connectivity index (χ4v) is 3.75. The molecular weight excluding hydrogens is 478 g/mol. The minimum atomic E-state index is -4.59. The molecule has 2 N–H and O–H groups in total. The van der Waals surface area contributed by atoms with Gasteiger partial charge >= 0.3 is 6.18 Å². The van der Waals surface area contributed by atoms with E-state index < -0.39 is 23.0 Å². The first-order chi connectivity index (χ1) is 17.0. The van der Waals surface area contributed by atoms with Crippen LogP contribution in [0.1, 0.15) is 52.3 Å². The maximum absolute atomic E-state index is 14.6. The fraction of sp³-hybridized carbons (Fsp3) is 0.320. The van der Waals surface area contributed by atoms with Crippen molar-refractivity contribution in [3.63, 3.8) is 0 Å². The molecule has 36 heavy (non-hydrogen) atoms. The molecule has 2 aromatic heterocycles. The Hall–Kier alpha value is -3.89. The van der Waals surface area contributed by atoms with E-state index in [2.05, 4.69) is 25.6 Å². The average molecular weight is 501 g/mol. The summed E-state index contributed by atoms with van der Waals surface area (Å²) in [7, 11) is 0. The highest BCUT2D eigenvalue weighted by atomic mass is 19.4. The van der Waals surface area contributed by atoms with Gasteiger partial charge in [-0.3, -0.25) is 14.6 Å². The Bertz CT molecular complexity index is 1300. The summed E-state index contributed by atoms with van der Waals surface area (Å²) in [6.45, 7) is 3.01. The Balaban J connectivity index is 1.39. The minimum Gasteiger partial charge on any atom is -0.354 e. The zero-order chi connectivity index (χ0) is 26.1. The largest absolute Gasteiger partial charge is 0.418 e. The van der Waals surface area contributed by atoms with Gasteiger partial charge in [-0.15, -0.1) is 0 Å². The second-order valence-electron chi connectivity index (χ2n) is 8.91. The van der Waals surface area contributed by atoms with Crippen LogP contribution in [-0.4, -0.2) is 26.6 Å². The number of hydrogen-bond donors (Lipinski definition) is 2. The SMILES string of the molecule is Cc1ccc(Nc2cnc(CNC(=O)C3(CC(=O)c4cnc(C)nc4)CC3)c(F)c2)c(C(F)(F)F)c1. The van der Waals surface area contributed by atoms with E-state index in [9.17, 15) is 27.2 Å². The molecule has 0 saturated heterocycles. The molecule has 3 aromatic rings. The molecule has 0 atom stereocenters. The number of halogens is 4. The van der Waals surface area contributed by atoms with Crippen molar-refractivity contribution >= 4 is 23.1 Å². The normalized spacial score (nSPS) is 14.3. The van der Waals surface area contributed by atoms with E-state index in [-0.39, 0.29) is 41.7 Å². The number of pyridine rings is 1. The molecular formula is C25H23F4N5O2. The van der Waals surface area contributed by atoms with E-state index in [0.29, 0.717) is 29.8 Å². The lowest BCUT2D eigenvalue weighted by molar-refractivity contribution is -0.137. The summed E-state index contributed by atoms with van der Waals surface area (Å²) in [5.41, 5.74) is -1.26. The van der Waals surface area contributed by atoms with Crippen LogP contribution in [0.15, 0.2) is 42.9 Å². The molecule has 0 spiro atoms. The lowest BCUT2D eigenvalue weighted by Gasteiger charge is -2.16. The first-order valence-electron chi connectivity index (χ1n) is 11.2. The number of carbonyl (C=O) groups excluding carboxylic acids is 2. The molecule has 1 aromatic carbocycles. The van der Waals surface area contributed by atoms with Crippen molar-refractivity contribution in [2.75, 3.05) is 5.32 Å². The second-order valence-corrected chi connectivity index (χ2v) is 8.91. The van der Waals surface area contributed by atoms with Crippen LogP contribution >= 0.6 is 0 Å². The van der Waals surface area contributed by atoms with E-state index in [1.165, 1.54) is 30.7 Å². The first-order valence-corrected chi connectivity index (χ1v) is 11.2. The van der Waals surface area contributed by atoms with Gasteiger partial charge in [-0.1, -0.05) is 11.6 Å². The van der Waals surface area contributed by atoms with Gasteiger partial charge in [-0.2, -0.15) is 13.2 Å². The van der Waals surface area contributed by atoms with Crippen LogP contribution in [0.2, 0.25) is 0 Å². The van der Waals surface area contributed by atoms with Crippen LogP contribution in [0.3, 0.4) is 0 Å². The molecule has 2 heterocycles. The molecule has 1 aliphatic rings. The monoisotopic (exact) mass is 501 g/mol. The van der Waals surface area contributed by atoms with Crippen molar-refractivity contribution in [1.82, 2.24) is 20.3 Å². The summed E-state index contributed by atoms with van der Waals surface area (Å²) in [6, 6.07) is 4.79. The third-order valence-corrected chi connectivity index (χ3v) is 6.03. The third kappa shape index (κ3) is 5.67. The molecule has 11 heteroatoms. The van der Waals surface area contributed by atoms with Gasteiger partial charge in [0.1, 0.15) is 11.6 Å². The molecule has 0 radical (unpaired) electrons. The maximum Gasteiger partial charge on any atom is 0.418 e. The number of benzene rings is 1. The summed E-state index contributed by atoms with van der Waals surface area (Å²) in [5, 5.41) is 5.18. The number of carbonyl (C=O) groups is 2. The van der Waals surface area contributed by atoms with Gasteiger partial charge in [0.25, 0.3) is 0 Å². The molecule has 1 fully saturated rings. The predicted octanol–water partition coefficient (Wildman–Crippen LogP) is 5.06. The third-order valence-electron chi connectivity index (χ3n) is 6.03. The number of ketones is 1. The molecule has 7 nitrogen and oxygen atoms in total. The molecule has 0 bridgehead atoms. The highest BCUT2D eigenvalue weighted by molar-refractivity contribution is 6.00. The summed E-state index contributed by atoms with van der Waals surface area (Å²) in [6.07, 6.45) is 0.476. The summed E-state index contributed by atoms with van der Waals surface area (Å²) in [4.78, 5) is 37.2.